The van der Waals surface area contributed by atoms with E-state index in [2.05, 4.69) is 6.92 Å². The highest BCUT2D eigenvalue weighted by Gasteiger charge is 2.22. The minimum atomic E-state index is -0.684. The SMILES string of the molecule is CCCC1CCC(Cc2cc(F)c(-c3ccc(Cl)c(F)c3)c(F)c2)CC1. The van der Waals surface area contributed by atoms with E-state index >= 15 is 0 Å². The van der Waals surface area contributed by atoms with Gasteiger partial charge in [-0.05, 0) is 66.5 Å². The first-order valence-electron chi connectivity index (χ1n) is 9.41. The van der Waals surface area contributed by atoms with Gasteiger partial charge in [0.05, 0.1) is 10.6 Å². The van der Waals surface area contributed by atoms with Crippen molar-refractivity contribution in [2.75, 3.05) is 0 Å². The second-order valence-electron chi connectivity index (χ2n) is 7.44. The first-order valence-corrected chi connectivity index (χ1v) is 9.79. The Balaban J connectivity index is 1.74. The lowest BCUT2D eigenvalue weighted by Crippen LogP contribution is -2.16. The Bertz CT molecular complexity index is 741. The first-order chi connectivity index (χ1) is 12.5. The minimum Gasteiger partial charge on any atom is -0.206 e. The van der Waals surface area contributed by atoms with Crippen LogP contribution in [0.25, 0.3) is 11.1 Å². The van der Waals surface area contributed by atoms with Gasteiger partial charge in [-0.3, -0.25) is 0 Å². The van der Waals surface area contributed by atoms with Crippen molar-refractivity contribution in [2.24, 2.45) is 11.8 Å². The van der Waals surface area contributed by atoms with E-state index in [1.165, 1.54) is 49.9 Å². The fourth-order valence-corrected chi connectivity index (χ4v) is 4.25. The third-order valence-corrected chi connectivity index (χ3v) is 5.80. The van der Waals surface area contributed by atoms with E-state index in [4.69, 9.17) is 11.6 Å². The quantitative estimate of drug-likeness (QED) is 0.501. The summed E-state index contributed by atoms with van der Waals surface area (Å²) in [5.74, 6) is -0.689. The lowest BCUT2D eigenvalue weighted by atomic mass is 9.78. The summed E-state index contributed by atoms with van der Waals surface area (Å²) >= 11 is 5.65. The van der Waals surface area contributed by atoms with Gasteiger partial charge < -0.3 is 0 Å². The molecule has 0 spiro atoms. The van der Waals surface area contributed by atoms with Gasteiger partial charge in [0.1, 0.15) is 17.5 Å². The second-order valence-corrected chi connectivity index (χ2v) is 7.85. The highest BCUT2D eigenvalue weighted by atomic mass is 35.5. The predicted octanol–water partition coefficient (Wildman–Crippen LogP) is 7.57. The average molecular weight is 381 g/mol. The molecule has 140 valence electrons. The van der Waals surface area contributed by atoms with E-state index in [1.54, 1.807) is 0 Å². The van der Waals surface area contributed by atoms with Crippen LogP contribution in [0.2, 0.25) is 5.02 Å². The van der Waals surface area contributed by atoms with E-state index in [0.29, 0.717) is 17.9 Å². The van der Waals surface area contributed by atoms with Crippen LogP contribution >= 0.6 is 11.6 Å². The van der Waals surface area contributed by atoms with E-state index < -0.39 is 17.5 Å². The Morgan fingerprint density at radius 1 is 0.885 bits per heavy atom. The van der Waals surface area contributed by atoms with Crippen molar-refractivity contribution >= 4 is 11.6 Å². The molecule has 0 aliphatic heterocycles. The van der Waals surface area contributed by atoms with E-state index in [1.807, 2.05) is 0 Å². The summed E-state index contributed by atoms with van der Waals surface area (Å²) < 4.78 is 42.7. The van der Waals surface area contributed by atoms with Gasteiger partial charge in [0.25, 0.3) is 0 Å². The largest absolute Gasteiger partial charge is 0.206 e. The molecule has 4 heteroatoms. The van der Waals surface area contributed by atoms with Gasteiger partial charge in [0, 0.05) is 0 Å². The van der Waals surface area contributed by atoms with Crippen LogP contribution in [0.4, 0.5) is 13.2 Å². The summed E-state index contributed by atoms with van der Waals surface area (Å²) in [6.45, 7) is 2.21. The van der Waals surface area contributed by atoms with Crippen molar-refractivity contribution in [1.29, 1.82) is 0 Å². The Kier molecular flexibility index (Phi) is 6.29. The molecule has 2 aromatic carbocycles. The number of hydrogen-bond acceptors (Lipinski definition) is 0. The van der Waals surface area contributed by atoms with Crippen molar-refractivity contribution < 1.29 is 13.2 Å². The molecule has 0 aromatic heterocycles. The van der Waals surface area contributed by atoms with E-state index in [9.17, 15) is 13.2 Å². The Labute approximate surface area is 158 Å². The first kappa shape index (κ1) is 19.3. The lowest BCUT2D eigenvalue weighted by Gasteiger charge is -2.28. The maximum absolute atomic E-state index is 14.6. The Morgan fingerprint density at radius 2 is 1.50 bits per heavy atom. The fraction of sp³-hybridized carbons (Fsp3) is 0.455. The summed E-state index contributed by atoms with van der Waals surface area (Å²) in [5, 5.41) is -0.0649. The predicted molar refractivity (Wildman–Crippen MR) is 101 cm³/mol. The van der Waals surface area contributed by atoms with Crippen molar-refractivity contribution in [3.8, 4) is 11.1 Å². The van der Waals surface area contributed by atoms with Gasteiger partial charge in [-0.15, -0.1) is 0 Å². The molecule has 0 unspecified atom stereocenters. The topological polar surface area (TPSA) is 0 Å². The highest BCUT2D eigenvalue weighted by Crippen LogP contribution is 2.35. The lowest BCUT2D eigenvalue weighted by molar-refractivity contribution is 0.261. The van der Waals surface area contributed by atoms with Crippen LogP contribution in [-0.4, -0.2) is 0 Å². The monoisotopic (exact) mass is 380 g/mol. The van der Waals surface area contributed by atoms with Gasteiger partial charge in [-0.1, -0.05) is 50.3 Å². The summed E-state index contributed by atoms with van der Waals surface area (Å²) in [6, 6.07) is 6.60. The summed E-state index contributed by atoms with van der Waals surface area (Å²) in [4.78, 5) is 0. The van der Waals surface area contributed by atoms with Gasteiger partial charge in [0.15, 0.2) is 0 Å². The van der Waals surface area contributed by atoms with E-state index in [0.717, 1.165) is 24.8 Å². The van der Waals surface area contributed by atoms with Crippen LogP contribution in [0, 0.1) is 29.3 Å². The molecule has 1 saturated carbocycles. The van der Waals surface area contributed by atoms with Crippen LogP contribution < -0.4 is 0 Å². The summed E-state index contributed by atoms with van der Waals surface area (Å²) in [7, 11) is 0. The molecule has 0 nitrogen and oxygen atoms in total. The zero-order valence-corrected chi connectivity index (χ0v) is 15.8. The van der Waals surface area contributed by atoms with Gasteiger partial charge >= 0.3 is 0 Å². The number of halogens is 4. The second kappa shape index (κ2) is 8.47. The molecule has 0 heterocycles. The minimum absolute atomic E-state index is 0.0649. The number of benzene rings is 2. The number of rotatable bonds is 5. The normalized spacial score (nSPS) is 20.3. The van der Waals surface area contributed by atoms with Crippen molar-refractivity contribution in [2.45, 2.75) is 51.9 Å². The molecule has 0 radical (unpaired) electrons. The van der Waals surface area contributed by atoms with Crippen LogP contribution in [0.1, 0.15) is 51.0 Å². The zero-order chi connectivity index (χ0) is 18.7. The maximum Gasteiger partial charge on any atom is 0.142 e. The molecule has 1 aliphatic carbocycles. The third kappa shape index (κ3) is 4.43. The fourth-order valence-electron chi connectivity index (χ4n) is 4.14. The molecule has 1 aliphatic rings. The highest BCUT2D eigenvalue weighted by molar-refractivity contribution is 6.30. The van der Waals surface area contributed by atoms with Gasteiger partial charge in [0.2, 0.25) is 0 Å². The number of hydrogen-bond donors (Lipinski definition) is 0. The summed E-state index contributed by atoms with van der Waals surface area (Å²) in [5.41, 5.74) is 0.640. The summed E-state index contributed by atoms with van der Waals surface area (Å²) in [6.07, 6.45) is 7.87. The molecule has 0 saturated heterocycles. The standard InChI is InChI=1S/C22H24ClF3/c1-2-3-14-4-6-15(7-5-14)10-16-11-20(25)22(21(26)12-16)17-8-9-18(23)19(24)13-17/h8-9,11-15H,2-7,10H2,1H3. The molecule has 3 rings (SSSR count). The zero-order valence-electron chi connectivity index (χ0n) is 15.0. The molecular weight excluding hydrogens is 357 g/mol. The molecule has 0 bridgehead atoms. The van der Waals surface area contributed by atoms with Crippen LogP contribution in [0.5, 0.6) is 0 Å². The smallest absolute Gasteiger partial charge is 0.142 e. The third-order valence-electron chi connectivity index (χ3n) is 5.50. The van der Waals surface area contributed by atoms with Crippen molar-refractivity contribution in [3.63, 3.8) is 0 Å². The molecule has 0 N–H and O–H groups in total. The van der Waals surface area contributed by atoms with Crippen LogP contribution in [0.15, 0.2) is 30.3 Å². The average Bonchev–Trinajstić information content (AvgIpc) is 2.59. The molecule has 1 fully saturated rings. The molecule has 2 aromatic rings. The van der Waals surface area contributed by atoms with Crippen LogP contribution in [0.3, 0.4) is 0 Å². The van der Waals surface area contributed by atoms with E-state index in [-0.39, 0.29) is 16.1 Å². The van der Waals surface area contributed by atoms with Gasteiger partial charge in [-0.25, -0.2) is 13.2 Å². The molecular formula is C22H24ClF3. The Morgan fingerprint density at radius 3 is 2.08 bits per heavy atom. The maximum atomic E-state index is 14.6. The van der Waals surface area contributed by atoms with Crippen molar-refractivity contribution in [1.82, 2.24) is 0 Å². The molecule has 0 amide bonds. The molecule has 0 atom stereocenters. The van der Waals surface area contributed by atoms with Crippen molar-refractivity contribution in [3.05, 3.63) is 58.4 Å². The Hall–Kier alpha value is -1.48. The molecule has 26 heavy (non-hydrogen) atoms. The van der Waals surface area contributed by atoms with Gasteiger partial charge in [-0.2, -0.15) is 0 Å². The van der Waals surface area contributed by atoms with Crippen LogP contribution in [-0.2, 0) is 6.42 Å².